The molecule has 0 aromatic heterocycles. The van der Waals surface area contributed by atoms with Gasteiger partial charge in [-0.05, 0) is 65.2 Å². The van der Waals surface area contributed by atoms with E-state index in [0.29, 0.717) is 6.04 Å². The molecular weight excluding hydrogens is 287 g/mol. The lowest BCUT2D eigenvalue weighted by Crippen LogP contribution is -2.61. The number of hydrogen-bond acceptors (Lipinski definition) is 2. The third-order valence-electron chi connectivity index (χ3n) is 4.12. The van der Waals surface area contributed by atoms with E-state index < -0.39 is 0 Å². The molecule has 0 amide bonds. The molecule has 118 valence electrons. The predicted molar refractivity (Wildman–Crippen MR) is 87.3 cm³/mol. The van der Waals surface area contributed by atoms with E-state index in [9.17, 15) is 4.39 Å². The average molecular weight is 313 g/mol. The highest BCUT2D eigenvalue weighted by molar-refractivity contribution is 6.30. The summed E-state index contributed by atoms with van der Waals surface area (Å²) in [5.74, 6) is -0.364. The Bertz CT molecular complexity index is 498. The molecule has 0 radical (unpaired) electrons. The molecule has 21 heavy (non-hydrogen) atoms. The summed E-state index contributed by atoms with van der Waals surface area (Å²) < 4.78 is 13.3. The quantitative estimate of drug-likeness (QED) is 0.862. The summed E-state index contributed by atoms with van der Waals surface area (Å²) in [5, 5.41) is 7.54. The Balaban J connectivity index is 2.08. The van der Waals surface area contributed by atoms with Crippen molar-refractivity contribution in [2.24, 2.45) is 0 Å². The van der Waals surface area contributed by atoms with Gasteiger partial charge in [0, 0.05) is 23.2 Å². The first-order valence-electron chi connectivity index (χ1n) is 7.58. The van der Waals surface area contributed by atoms with Crippen LogP contribution in [0.4, 0.5) is 4.39 Å². The zero-order chi connectivity index (χ0) is 15.8. The molecule has 0 saturated carbocycles. The predicted octanol–water partition coefficient (Wildman–Crippen LogP) is 4.44. The minimum Gasteiger partial charge on any atom is -0.307 e. The summed E-state index contributed by atoms with van der Waals surface area (Å²) in [5.41, 5.74) is 1.25. The van der Waals surface area contributed by atoms with E-state index in [1.165, 1.54) is 6.07 Å². The molecule has 1 heterocycles. The highest BCUT2D eigenvalue weighted by Gasteiger charge is 2.37. The second kappa shape index (κ2) is 5.86. The van der Waals surface area contributed by atoms with E-state index in [2.05, 4.69) is 45.3 Å². The largest absolute Gasteiger partial charge is 0.307 e. The lowest BCUT2D eigenvalue weighted by Gasteiger charge is -2.47. The van der Waals surface area contributed by atoms with Crippen LogP contribution in [0, 0.1) is 5.82 Å². The van der Waals surface area contributed by atoms with Gasteiger partial charge in [0.15, 0.2) is 0 Å². The first kappa shape index (κ1) is 16.7. The minimum atomic E-state index is -0.364. The zero-order valence-electron chi connectivity index (χ0n) is 13.6. The average Bonchev–Trinajstić information content (AvgIpc) is 2.28. The van der Waals surface area contributed by atoms with Crippen LogP contribution in [0.15, 0.2) is 18.2 Å². The highest BCUT2D eigenvalue weighted by atomic mass is 35.5. The first-order chi connectivity index (χ1) is 9.58. The first-order valence-corrected chi connectivity index (χ1v) is 7.96. The van der Waals surface area contributed by atoms with Gasteiger partial charge in [-0.25, -0.2) is 4.39 Å². The Morgan fingerprint density at radius 1 is 1.24 bits per heavy atom. The fourth-order valence-corrected chi connectivity index (χ4v) is 3.86. The Labute approximate surface area is 132 Å². The van der Waals surface area contributed by atoms with Gasteiger partial charge in [-0.1, -0.05) is 17.7 Å². The van der Waals surface area contributed by atoms with Crippen molar-refractivity contribution < 1.29 is 4.39 Å². The summed E-state index contributed by atoms with van der Waals surface area (Å²) in [6.45, 7) is 11.1. The van der Waals surface area contributed by atoms with Crippen molar-refractivity contribution in [1.82, 2.24) is 10.6 Å². The van der Waals surface area contributed by atoms with Crippen molar-refractivity contribution in [3.8, 4) is 0 Å². The summed E-state index contributed by atoms with van der Waals surface area (Å²) >= 11 is 5.88. The fourth-order valence-electron chi connectivity index (χ4n) is 3.67. The molecule has 4 heteroatoms. The Morgan fingerprint density at radius 3 is 2.33 bits per heavy atom. The van der Waals surface area contributed by atoms with Crippen LogP contribution in [0.25, 0.3) is 0 Å². The standard InChI is InChI=1S/C17H26ClFN2/c1-11(12-6-7-15(19)14(18)8-12)20-13-9-16(2,3)21-17(4,5)10-13/h6-8,11,13,20-21H,9-10H2,1-5H3. The summed E-state index contributed by atoms with van der Waals surface area (Å²) in [4.78, 5) is 0. The number of rotatable bonds is 3. The van der Waals surface area contributed by atoms with Gasteiger partial charge >= 0.3 is 0 Å². The Morgan fingerprint density at radius 2 is 1.81 bits per heavy atom. The van der Waals surface area contributed by atoms with Crippen molar-refractivity contribution in [1.29, 1.82) is 0 Å². The molecule has 2 nitrogen and oxygen atoms in total. The maximum absolute atomic E-state index is 13.3. The number of halogens is 2. The van der Waals surface area contributed by atoms with Gasteiger partial charge in [0.05, 0.1) is 5.02 Å². The number of benzene rings is 1. The van der Waals surface area contributed by atoms with Crippen LogP contribution >= 0.6 is 11.6 Å². The van der Waals surface area contributed by atoms with Crippen LogP contribution in [-0.2, 0) is 0 Å². The van der Waals surface area contributed by atoms with E-state index in [4.69, 9.17) is 11.6 Å². The van der Waals surface area contributed by atoms with Crippen LogP contribution in [0.3, 0.4) is 0 Å². The number of piperidine rings is 1. The number of nitrogens with one attached hydrogen (secondary N) is 2. The van der Waals surface area contributed by atoms with Crippen LogP contribution < -0.4 is 10.6 Å². The third-order valence-corrected chi connectivity index (χ3v) is 4.41. The molecule has 1 aliphatic rings. The van der Waals surface area contributed by atoms with Gasteiger partial charge in [0.2, 0.25) is 0 Å². The van der Waals surface area contributed by atoms with Gasteiger partial charge < -0.3 is 10.6 Å². The molecular formula is C17H26ClFN2. The van der Waals surface area contributed by atoms with E-state index in [-0.39, 0.29) is 28.0 Å². The zero-order valence-corrected chi connectivity index (χ0v) is 14.3. The lowest BCUT2D eigenvalue weighted by atomic mass is 9.79. The molecule has 1 unspecified atom stereocenters. The highest BCUT2D eigenvalue weighted by Crippen LogP contribution is 2.30. The topological polar surface area (TPSA) is 24.1 Å². The van der Waals surface area contributed by atoms with E-state index in [0.717, 1.165) is 18.4 Å². The molecule has 1 atom stereocenters. The van der Waals surface area contributed by atoms with Crippen molar-refractivity contribution in [2.45, 2.75) is 70.6 Å². The van der Waals surface area contributed by atoms with Gasteiger partial charge in [-0.2, -0.15) is 0 Å². The minimum absolute atomic E-state index is 0.111. The third kappa shape index (κ3) is 4.41. The Kier molecular flexibility index (Phi) is 4.67. The van der Waals surface area contributed by atoms with Gasteiger partial charge in [0.25, 0.3) is 0 Å². The summed E-state index contributed by atoms with van der Waals surface area (Å²) in [7, 11) is 0. The number of hydrogen-bond donors (Lipinski definition) is 2. The molecule has 0 spiro atoms. The normalized spacial score (nSPS) is 23.0. The molecule has 1 fully saturated rings. The second-order valence-electron chi connectivity index (χ2n) is 7.56. The molecule has 2 rings (SSSR count). The van der Waals surface area contributed by atoms with Crippen LogP contribution in [0.5, 0.6) is 0 Å². The lowest BCUT2D eigenvalue weighted by molar-refractivity contribution is 0.141. The maximum atomic E-state index is 13.3. The van der Waals surface area contributed by atoms with E-state index in [1.807, 2.05) is 0 Å². The van der Waals surface area contributed by atoms with Gasteiger partial charge in [0.1, 0.15) is 5.82 Å². The van der Waals surface area contributed by atoms with Crippen molar-refractivity contribution in [2.75, 3.05) is 0 Å². The van der Waals surface area contributed by atoms with Crippen LogP contribution in [0.2, 0.25) is 5.02 Å². The van der Waals surface area contributed by atoms with Crippen LogP contribution in [-0.4, -0.2) is 17.1 Å². The summed E-state index contributed by atoms with van der Waals surface area (Å²) in [6, 6.07) is 5.53. The van der Waals surface area contributed by atoms with Crippen molar-refractivity contribution >= 4 is 11.6 Å². The molecule has 1 saturated heterocycles. The SMILES string of the molecule is CC(NC1CC(C)(C)NC(C)(C)C1)c1ccc(F)c(Cl)c1. The second-order valence-corrected chi connectivity index (χ2v) is 7.97. The molecule has 1 aromatic carbocycles. The Hall–Kier alpha value is -0.640. The molecule has 0 aliphatic carbocycles. The van der Waals surface area contributed by atoms with Crippen molar-refractivity contribution in [3.63, 3.8) is 0 Å². The smallest absolute Gasteiger partial charge is 0.141 e. The van der Waals surface area contributed by atoms with Gasteiger partial charge in [-0.15, -0.1) is 0 Å². The monoisotopic (exact) mass is 312 g/mol. The van der Waals surface area contributed by atoms with Crippen molar-refractivity contribution in [3.05, 3.63) is 34.6 Å². The van der Waals surface area contributed by atoms with E-state index >= 15 is 0 Å². The molecule has 1 aromatic rings. The maximum Gasteiger partial charge on any atom is 0.141 e. The van der Waals surface area contributed by atoms with Gasteiger partial charge in [-0.3, -0.25) is 0 Å². The summed E-state index contributed by atoms with van der Waals surface area (Å²) in [6.07, 6.45) is 2.13. The van der Waals surface area contributed by atoms with E-state index in [1.54, 1.807) is 12.1 Å². The van der Waals surface area contributed by atoms with Crippen LogP contribution in [0.1, 0.15) is 59.1 Å². The molecule has 2 N–H and O–H groups in total. The fraction of sp³-hybridized carbons (Fsp3) is 0.647. The molecule has 1 aliphatic heterocycles. The molecule has 0 bridgehead atoms.